The molecule has 0 aliphatic carbocycles. The summed E-state index contributed by atoms with van der Waals surface area (Å²) in [5, 5.41) is 13.6. The maximum atomic E-state index is 12.3. The Morgan fingerprint density at radius 1 is 0.818 bits per heavy atom. The topological polar surface area (TPSA) is 77.2 Å². The number of carbonyl (C=O) groups excluding carboxylic acids is 1. The number of hydrogen-bond donors (Lipinski definition) is 1. The van der Waals surface area contributed by atoms with Crippen LogP contribution in [0, 0.1) is 0 Å². The number of rotatable bonds is 7. The zero-order valence-corrected chi connectivity index (χ0v) is 18.3. The van der Waals surface area contributed by atoms with E-state index in [1.165, 1.54) is 11.8 Å². The molecular weight excluding hydrogens is 434 g/mol. The zero-order chi connectivity index (χ0) is 22.5. The number of nitrogens with zero attached hydrogens (tertiary/aromatic N) is 2. The number of hydrogen-bond acceptors (Lipinski definition) is 6. The van der Waals surface area contributed by atoms with Gasteiger partial charge in [-0.3, -0.25) is 4.79 Å². The maximum Gasteiger partial charge on any atom is 0.277 e. The van der Waals surface area contributed by atoms with E-state index < -0.39 is 0 Å². The minimum Gasteiger partial charge on any atom is -0.457 e. The van der Waals surface area contributed by atoms with Gasteiger partial charge in [0.15, 0.2) is 0 Å². The van der Waals surface area contributed by atoms with Gasteiger partial charge in [-0.2, -0.15) is 0 Å². The molecule has 0 unspecified atom stereocenters. The summed E-state index contributed by atoms with van der Waals surface area (Å²) >= 11 is 1.19. The van der Waals surface area contributed by atoms with Crippen molar-refractivity contribution in [1.82, 2.24) is 10.2 Å². The van der Waals surface area contributed by atoms with Gasteiger partial charge in [0.05, 0.1) is 5.75 Å². The van der Waals surface area contributed by atoms with Crippen molar-refractivity contribution in [2.75, 3.05) is 11.1 Å². The van der Waals surface area contributed by atoms with Gasteiger partial charge in [-0.15, -0.1) is 10.2 Å². The molecule has 1 N–H and O–H groups in total. The van der Waals surface area contributed by atoms with E-state index in [0.717, 1.165) is 22.1 Å². The van der Waals surface area contributed by atoms with Crippen molar-refractivity contribution in [3.8, 4) is 23.0 Å². The quantitative estimate of drug-likeness (QED) is 0.287. The normalized spacial score (nSPS) is 10.8. The van der Waals surface area contributed by atoms with E-state index in [0.29, 0.717) is 22.6 Å². The van der Waals surface area contributed by atoms with E-state index in [4.69, 9.17) is 9.15 Å². The van der Waals surface area contributed by atoms with Gasteiger partial charge in [0, 0.05) is 11.3 Å². The highest BCUT2D eigenvalue weighted by atomic mass is 32.2. The van der Waals surface area contributed by atoms with Crippen LogP contribution in [-0.4, -0.2) is 21.9 Å². The maximum absolute atomic E-state index is 12.3. The number of anilines is 1. The molecule has 0 saturated heterocycles. The van der Waals surface area contributed by atoms with E-state index in [9.17, 15) is 4.79 Å². The van der Waals surface area contributed by atoms with Crippen LogP contribution < -0.4 is 10.1 Å². The lowest BCUT2D eigenvalue weighted by atomic mass is 10.1. The Bertz CT molecular complexity index is 1390. The predicted molar refractivity (Wildman–Crippen MR) is 130 cm³/mol. The van der Waals surface area contributed by atoms with Gasteiger partial charge in [0.25, 0.3) is 5.22 Å². The number of benzene rings is 4. The second-order valence-electron chi connectivity index (χ2n) is 7.21. The van der Waals surface area contributed by atoms with Gasteiger partial charge in [-0.05, 0) is 59.3 Å². The lowest BCUT2D eigenvalue weighted by Gasteiger charge is -2.07. The van der Waals surface area contributed by atoms with Crippen LogP contribution in [0.15, 0.2) is 107 Å². The highest BCUT2D eigenvalue weighted by Gasteiger charge is 2.12. The molecule has 6 nitrogen and oxygen atoms in total. The fourth-order valence-corrected chi connectivity index (χ4v) is 3.83. The smallest absolute Gasteiger partial charge is 0.277 e. The van der Waals surface area contributed by atoms with Gasteiger partial charge < -0.3 is 14.5 Å². The standard InChI is InChI=1S/C26H19N3O3S/c30-24(27-21-12-14-23(15-13-21)31-22-8-2-1-3-9-22)17-33-26-29-28-25(32-26)20-11-10-18-6-4-5-7-19(18)16-20/h1-16H,17H2,(H,27,30). The number of fused-ring (bicyclic) bond motifs is 1. The molecule has 0 saturated carbocycles. The fraction of sp³-hybridized carbons (Fsp3) is 0.0385. The molecule has 0 fully saturated rings. The Morgan fingerprint density at radius 3 is 2.36 bits per heavy atom. The highest BCUT2D eigenvalue weighted by Crippen LogP contribution is 2.27. The van der Waals surface area contributed by atoms with Gasteiger partial charge in [-0.25, -0.2) is 0 Å². The first-order valence-electron chi connectivity index (χ1n) is 10.3. The summed E-state index contributed by atoms with van der Waals surface area (Å²) in [6.07, 6.45) is 0. The monoisotopic (exact) mass is 453 g/mol. The molecule has 33 heavy (non-hydrogen) atoms. The Balaban J connectivity index is 1.15. The van der Waals surface area contributed by atoms with E-state index in [1.807, 2.05) is 78.9 Å². The average molecular weight is 454 g/mol. The van der Waals surface area contributed by atoms with E-state index in [1.54, 1.807) is 12.1 Å². The highest BCUT2D eigenvalue weighted by molar-refractivity contribution is 7.99. The molecule has 0 aliphatic heterocycles. The number of para-hydroxylation sites is 1. The number of aromatic nitrogens is 2. The van der Waals surface area contributed by atoms with Crippen LogP contribution in [0.5, 0.6) is 11.5 Å². The third kappa shape index (κ3) is 5.22. The first-order chi connectivity index (χ1) is 16.2. The van der Waals surface area contributed by atoms with Crippen LogP contribution in [0.4, 0.5) is 5.69 Å². The summed E-state index contributed by atoms with van der Waals surface area (Å²) in [5.74, 6) is 1.87. The van der Waals surface area contributed by atoms with Gasteiger partial charge in [0.2, 0.25) is 11.8 Å². The number of ether oxygens (including phenoxy) is 1. The van der Waals surface area contributed by atoms with E-state index in [-0.39, 0.29) is 11.7 Å². The largest absolute Gasteiger partial charge is 0.457 e. The Hall–Kier alpha value is -4.10. The second kappa shape index (κ2) is 9.58. The summed E-state index contributed by atoms with van der Waals surface area (Å²) in [6.45, 7) is 0. The average Bonchev–Trinajstić information content (AvgIpc) is 3.34. The number of carbonyl (C=O) groups is 1. The minimum absolute atomic E-state index is 0.154. The van der Waals surface area contributed by atoms with Crippen LogP contribution in [0.25, 0.3) is 22.2 Å². The molecule has 0 radical (unpaired) electrons. The van der Waals surface area contributed by atoms with Crippen LogP contribution in [0.3, 0.4) is 0 Å². The fourth-order valence-electron chi connectivity index (χ4n) is 3.26. The van der Waals surface area contributed by atoms with Crippen molar-refractivity contribution in [3.63, 3.8) is 0 Å². The molecule has 1 aromatic heterocycles. The van der Waals surface area contributed by atoms with Crippen LogP contribution in [0.2, 0.25) is 0 Å². The Morgan fingerprint density at radius 2 is 1.55 bits per heavy atom. The molecule has 0 bridgehead atoms. The third-order valence-electron chi connectivity index (χ3n) is 4.85. The van der Waals surface area contributed by atoms with Crippen molar-refractivity contribution in [1.29, 1.82) is 0 Å². The third-order valence-corrected chi connectivity index (χ3v) is 5.67. The molecular formula is C26H19N3O3S. The van der Waals surface area contributed by atoms with Crippen LogP contribution in [-0.2, 0) is 4.79 Å². The van der Waals surface area contributed by atoms with Crippen molar-refractivity contribution in [2.24, 2.45) is 0 Å². The van der Waals surface area contributed by atoms with Gasteiger partial charge in [0.1, 0.15) is 11.5 Å². The molecule has 4 aromatic carbocycles. The van der Waals surface area contributed by atoms with Crippen molar-refractivity contribution >= 4 is 34.1 Å². The summed E-state index contributed by atoms with van der Waals surface area (Å²) in [4.78, 5) is 12.3. The molecule has 5 aromatic rings. The summed E-state index contributed by atoms with van der Waals surface area (Å²) < 4.78 is 11.5. The van der Waals surface area contributed by atoms with Crippen LogP contribution in [0.1, 0.15) is 0 Å². The summed E-state index contributed by atoms with van der Waals surface area (Å²) in [7, 11) is 0. The Kier molecular flexibility index (Phi) is 6.04. The zero-order valence-electron chi connectivity index (χ0n) is 17.5. The molecule has 0 atom stereocenters. The number of amides is 1. The molecule has 162 valence electrons. The first kappa shape index (κ1) is 20.8. The van der Waals surface area contributed by atoms with Crippen LogP contribution >= 0.6 is 11.8 Å². The van der Waals surface area contributed by atoms with Gasteiger partial charge in [-0.1, -0.05) is 60.3 Å². The van der Waals surface area contributed by atoms with E-state index in [2.05, 4.69) is 21.6 Å². The molecule has 0 spiro atoms. The molecule has 7 heteroatoms. The molecule has 5 rings (SSSR count). The number of nitrogens with one attached hydrogen (secondary N) is 1. The van der Waals surface area contributed by atoms with Crippen molar-refractivity contribution < 1.29 is 13.9 Å². The van der Waals surface area contributed by atoms with Crippen molar-refractivity contribution in [2.45, 2.75) is 5.22 Å². The summed E-state index contributed by atoms with van der Waals surface area (Å²) in [6, 6.07) is 30.8. The second-order valence-corrected chi connectivity index (χ2v) is 8.14. The predicted octanol–water partition coefficient (Wildman–Crippen LogP) is 6.41. The molecule has 0 aliphatic rings. The lowest BCUT2D eigenvalue weighted by molar-refractivity contribution is -0.113. The SMILES string of the molecule is O=C(CSc1nnc(-c2ccc3ccccc3c2)o1)Nc1ccc(Oc2ccccc2)cc1. The Labute approximate surface area is 194 Å². The number of thioether (sulfide) groups is 1. The molecule has 1 heterocycles. The molecule has 1 amide bonds. The first-order valence-corrected chi connectivity index (χ1v) is 11.3. The van der Waals surface area contributed by atoms with E-state index >= 15 is 0 Å². The minimum atomic E-state index is -0.165. The lowest BCUT2D eigenvalue weighted by Crippen LogP contribution is -2.13. The van der Waals surface area contributed by atoms with Gasteiger partial charge >= 0.3 is 0 Å². The summed E-state index contributed by atoms with van der Waals surface area (Å²) in [5.41, 5.74) is 1.53. The van der Waals surface area contributed by atoms with Crippen molar-refractivity contribution in [3.05, 3.63) is 97.1 Å².